The van der Waals surface area contributed by atoms with Crippen LogP contribution in [0.5, 0.6) is 0 Å². The van der Waals surface area contributed by atoms with Crippen molar-refractivity contribution in [3.05, 3.63) is 35.6 Å². The molecule has 0 spiro atoms. The zero-order valence-electron chi connectivity index (χ0n) is 13.2. The molecule has 0 bridgehead atoms. The van der Waals surface area contributed by atoms with Gasteiger partial charge >= 0.3 is 0 Å². The fourth-order valence-electron chi connectivity index (χ4n) is 3.51. The van der Waals surface area contributed by atoms with Gasteiger partial charge in [0, 0.05) is 37.3 Å². The number of hydrogen-bond acceptors (Lipinski definition) is 2. The molecule has 1 saturated heterocycles. The largest absolute Gasteiger partial charge is 0.311 e. The molecule has 1 aromatic carbocycles. The standard InChI is InChI=1S/C18H27FN2/c1-13(2)9-16-10-20-18(14-7-8-14)12-21(16)11-15-5-3-4-6-17(15)19/h3-6,13-14,16,18,20H,7-12H2,1-2H3. The van der Waals surface area contributed by atoms with Gasteiger partial charge in [-0.2, -0.15) is 0 Å². The summed E-state index contributed by atoms with van der Waals surface area (Å²) < 4.78 is 14.0. The Morgan fingerprint density at radius 1 is 1.29 bits per heavy atom. The molecule has 116 valence electrons. The summed E-state index contributed by atoms with van der Waals surface area (Å²) in [6.07, 6.45) is 3.90. The summed E-state index contributed by atoms with van der Waals surface area (Å²) in [6, 6.07) is 8.36. The molecular weight excluding hydrogens is 263 g/mol. The third kappa shape index (κ3) is 3.83. The van der Waals surface area contributed by atoms with Crippen LogP contribution in [0.4, 0.5) is 4.39 Å². The predicted octanol–water partition coefficient (Wildman–Crippen LogP) is 3.42. The number of nitrogens with one attached hydrogen (secondary N) is 1. The van der Waals surface area contributed by atoms with E-state index in [1.807, 2.05) is 12.1 Å². The van der Waals surface area contributed by atoms with E-state index in [1.54, 1.807) is 12.1 Å². The van der Waals surface area contributed by atoms with Crippen LogP contribution in [0.3, 0.4) is 0 Å². The van der Waals surface area contributed by atoms with Crippen LogP contribution in [0, 0.1) is 17.7 Å². The first-order valence-electron chi connectivity index (χ1n) is 8.34. The van der Waals surface area contributed by atoms with Crippen LogP contribution < -0.4 is 5.32 Å². The Morgan fingerprint density at radius 3 is 2.71 bits per heavy atom. The Balaban J connectivity index is 1.71. The highest BCUT2D eigenvalue weighted by atomic mass is 19.1. The van der Waals surface area contributed by atoms with Crippen LogP contribution in [-0.4, -0.2) is 30.1 Å². The molecule has 1 saturated carbocycles. The van der Waals surface area contributed by atoms with Gasteiger partial charge in [-0.15, -0.1) is 0 Å². The lowest BCUT2D eigenvalue weighted by Crippen LogP contribution is -2.57. The van der Waals surface area contributed by atoms with E-state index >= 15 is 0 Å². The lowest BCUT2D eigenvalue weighted by molar-refractivity contribution is 0.0988. The minimum absolute atomic E-state index is 0.0673. The fraction of sp³-hybridized carbons (Fsp3) is 0.667. The van der Waals surface area contributed by atoms with Crippen molar-refractivity contribution in [1.82, 2.24) is 10.2 Å². The number of nitrogens with zero attached hydrogens (tertiary/aromatic N) is 1. The van der Waals surface area contributed by atoms with Gasteiger partial charge < -0.3 is 5.32 Å². The van der Waals surface area contributed by atoms with E-state index in [-0.39, 0.29) is 5.82 Å². The summed E-state index contributed by atoms with van der Waals surface area (Å²) >= 11 is 0. The molecule has 3 heteroatoms. The molecule has 0 aromatic heterocycles. The molecule has 0 radical (unpaired) electrons. The second-order valence-corrected chi connectivity index (χ2v) is 7.16. The normalized spacial score (nSPS) is 27.2. The van der Waals surface area contributed by atoms with Crippen molar-refractivity contribution in [2.75, 3.05) is 13.1 Å². The average Bonchev–Trinajstić information content (AvgIpc) is 3.27. The smallest absolute Gasteiger partial charge is 0.127 e. The summed E-state index contributed by atoms with van der Waals surface area (Å²) in [4.78, 5) is 2.51. The van der Waals surface area contributed by atoms with Gasteiger partial charge in [0.25, 0.3) is 0 Å². The zero-order chi connectivity index (χ0) is 14.8. The van der Waals surface area contributed by atoms with Gasteiger partial charge in [-0.05, 0) is 37.2 Å². The SMILES string of the molecule is CC(C)CC1CNC(C2CC2)CN1Cc1ccccc1F. The lowest BCUT2D eigenvalue weighted by atomic mass is 9.97. The molecular formula is C18H27FN2. The van der Waals surface area contributed by atoms with Gasteiger partial charge in [-0.25, -0.2) is 4.39 Å². The number of rotatable bonds is 5. The lowest BCUT2D eigenvalue weighted by Gasteiger charge is -2.41. The second kappa shape index (κ2) is 6.45. The van der Waals surface area contributed by atoms with Gasteiger partial charge in [0.15, 0.2) is 0 Å². The van der Waals surface area contributed by atoms with Crippen molar-refractivity contribution >= 4 is 0 Å². The fourth-order valence-corrected chi connectivity index (χ4v) is 3.51. The van der Waals surface area contributed by atoms with Crippen molar-refractivity contribution in [2.24, 2.45) is 11.8 Å². The molecule has 1 aromatic rings. The third-order valence-corrected chi connectivity index (χ3v) is 4.83. The number of hydrogen-bond donors (Lipinski definition) is 1. The van der Waals surface area contributed by atoms with Crippen LogP contribution in [0.2, 0.25) is 0 Å². The molecule has 1 aliphatic carbocycles. The van der Waals surface area contributed by atoms with E-state index in [0.717, 1.165) is 31.1 Å². The summed E-state index contributed by atoms with van der Waals surface area (Å²) in [5.74, 6) is 1.47. The quantitative estimate of drug-likeness (QED) is 0.894. The number of halogens is 1. The Morgan fingerprint density at radius 2 is 2.05 bits per heavy atom. The predicted molar refractivity (Wildman–Crippen MR) is 84.6 cm³/mol. The maximum Gasteiger partial charge on any atom is 0.127 e. The Labute approximate surface area is 127 Å². The van der Waals surface area contributed by atoms with Gasteiger partial charge in [0.2, 0.25) is 0 Å². The van der Waals surface area contributed by atoms with E-state index < -0.39 is 0 Å². The molecule has 1 heterocycles. The first-order chi connectivity index (χ1) is 10.1. The minimum Gasteiger partial charge on any atom is -0.311 e. The molecule has 1 N–H and O–H groups in total. The summed E-state index contributed by atoms with van der Waals surface area (Å²) in [5, 5.41) is 3.73. The van der Waals surface area contributed by atoms with Crippen molar-refractivity contribution in [1.29, 1.82) is 0 Å². The van der Waals surface area contributed by atoms with E-state index in [9.17, 15) is 4.39 Å². The number of piperazine rings is 1. The molecule has 2 atom stereocenters. The molecule has 21 heavy (non-hydrogen) atoms. The molecule has 2 aliphatic rings. The van der Waals surface area contributed by atoms with Crippen LogP contribution in [0.25, 0.3) is 0 Å². The van der Waals surface area contributed by atoms with Crippen molar-refractivity contribution in [3.8, 4) is 0 Å². The second-order valence-electron chi connectivity index (χ2n) is 7.16. The van der Waals surface area contributed by atoms with E-state index in [4.69, 9.17) is 0 Å². The van der Waals surface area contributed by atoms with Gasteiger partial charge in [-0.3, -0.25) is 4.90 Å². The maximum absolute atomic E-state index is 14.0. The molecule has 1 aliphatic heterocycles. The van der Waals surface area contributed by atoms with E-state index in [0.29, 0.717) is 18.0 Å². The van der Waals surface area contributed by atoms with E-state index in [1.165, 1.54) is 19.3 Å². The molecule has 2 fully saturated rings. The third-order valence-electron chi connectivity index (χ3n) is 4.83. The van der Waals surface area contributed by atoms with Crippen molar-refractivity contribution < 1.29 is 4.39 Å². The molecule has 0 amide bonds. The monoisotopic (exact) mass is 290 g/mol. The first-order valence-corrected chi connectivity index (χ1v) is 8.34. The Kier molecular flexibility index (Phi) is 4.60. The summed E-state index contributed by atoms with van der Waals surface area (Å²) in [5.41, 5.74) is 0.836. The molecule has 2 unspecified atom stereocenters. The molecule has 3 rings (SSSR count). The van der Waals surface area contributed by atoms with Crippen LogP contribution in [0.1, 0.15) is 38.7 Å². The van der Waals surface area contributed by atoms with Crippen LogP contribution in [-0.2, 0) is 6.54 Å². The highest BCUT2D eigenvalue weighted by Crippen LogP contribution is 2.35. The van der Waals surface area contributed by atoms with Crippen molar-refractivity contribution in [3.63, 3.8) is 0 Å². The average molecular weight is 290 g/mol. The Bertz CT molecular complexity index is 470. The van der Waals surface area contributed by atoms with E-state index in [2.05, 4.69) is 24.1 Å². The van der Waals surface area contributed by atoms with Crippen LogP contribution >= 0.6 is 0 Å². The Hall–Kier alpha value is -0.930. The first kappa shape index (κ1) is 15.0. The van der Waals surface area contributed by atoms with Crippen LogP contribution in [0.15, 0.2) is 24.3 Å². The number of benzene rings is 1. The minimum atomic E-state index is -0.0673. The topological polar surface area (TPSA) is 15.3 Å². The van der Waals surface area contributed by atoms with Crippen molar-refractivity contribution in [2.45, 2.75) is 51.7 Å². The van der Waals surface area contributed by atoms with Gasteiger partial charge in [0.05, 0.1) is 0 Å². The summed E-state index contributed by atoms with van der Waals surface area (Å²) in [6.45, 7) is 7.40. The maximum atomic E-state index is 14.0. The van der Waals surface area contributed by atoms with Gasteiger partial charge in [-0.1, -0.05) is 32.0 Å². The molecule has 2 nitrogen and oxygen atoms in total. The van der Waals surface area contributed by atoms with Gasteiger partial charge in [0.1, 0.15) is 5.82 Å². The highest BCUT2D eigenvalue weighted by Gasteiger charge is 2.37. The highest BCUT2D eigenvalue weighted by molar-refractivity contribution is 5.17. The zero-order valence-corrected chi connectivity index (χ0v) is 13.2. The summed E-state index contributed by atoms with van der Waals surface area (Å²) in [7, 11) is 0.